The molecule has 1 aromatic carbocycles. The van der Waals surface area contributed by atoms with Crippen LogP contribution >= 0.6 is 0 Å². The maximum absolute atomic E-state index is 13.9. The van der Waals surface area contributed by atoms with Crippen molar-refractivity contribution in [1.29, 1.82) is 0 Å². The first-order valence-electron chi connectivity index (χ1n) is 6.66. The molecule has 0 bridgehead atoms. The second-order valence-corrected chi connectivity index (χ2v) is 7.56. The van der Waals surface area contributed by atoms with Gasteiger partial charge in [-0.3, -0.25) is 0 Å². The summed E-state index contributed by atoms with van der Waals surface area (Å²) < 4.78 is 46.3. The molecule has 21 heavy (non-hydrogen) atoms. The van der Waals surface area contributed by atoms with Gasteiger partial charge in [0, 0.05) is 18.6 Å². The van der Waals surface area contributed by atoms with Gasteiger partial charge in [-0.1, -0.05) is 19.9 Å². The summed E-state index contributed by atoms with van der Waals surface area (Å²) in [5.41, 5.74) is -0.0153. The third-order valence-corrected chi connectivity index (χ3v) is 5.73. The quantitative estimate of drug-likeness (QED) is 0.861. The standard InChI is InChI=1S/C14H20FNO4S/c1-14(2)12(7-13(14)20-3)16-21(18,19)11-5-4-9(8-17)6-10(11)15/h4-6,12-13,16-17H,7-8H2,1-3H3. The SMILES string of the molecule is COC1CC(NS(=O)(=O)c2ccc(CO)cc2F)C1(C)C. The lowest BCUT2D eigenvalue weighted by molar-refractivity contribution is -0.0908. The number of rotatable bonds is 5. The predicted octanol–water partition coefficient (Wildman–Crippen LogP) is 1.41. The van der Waals surface area contributed by atoms with E-state index in [1.54, 1.807) is 7.11 Å². The Balaban J connectivity index is 2.20. The van der Waals surface area contributed by atoms with Crippen molar-refractivity contribution >= 4 is 10.0 Å². The minimum absolute atomic E-state index is 0.0215. The third kappa shape index (κ3) is 2.96. The number of halogens is 1. The number of hydrogen-bond acceptors (Lipinski definition) is 4. The molecule has 2 unspecified atom stereocenters. The van der Waals surface area contributed by atoms with Crippen molar-refractivity contribution in [1.82, 2.24) is 4.72 Å². The lowest BCUT2D eigenvalue weighted by Gasteiger charge is -2.50. The van der Waals surface area contributed by atoms with E-state index in [2.05, 4.69) is 4.72 Å². The van der Waals surface area contributed by atoms with Gasteiger partial charge in [0.05, 0.1) is 12.7 Å². The molecule has 7 heteroatoms. The highest BCUT2D eigenvalue weighted by Crippen LogP contribution is 2.43. The summed E-state index contributed by atoms with van der Waals surface area (Å²) in [6.07, 6.45) is 0.533. The minimum Gasteiger partial charge on any atom is -0.392 e. The number of ether oxygens (including phenoxy) is 1. The summed E-state index contributed by atoms with van der Waals surface area (Å²) in [4.78, 5) is -0.406. The fraction of sp³-hybridized carbons (Fsp3) is 0.571. The Labute approximate surface area is 124 Å². The summed E-state index contributed by atoms with van der Waals surface area (Å²) in [5, 5.41) is 8.93. The van der Waals surface area contributed by atoms with Crippen molar-refractivity contribution in [2.75, 3.05) is 7.11 Å². The summed E-state index contributed by atoms with van der Waals surface area (Å²) in [5.74, 6) is -0.866. The molecule has 0 spiro atoms. The molecule has 0 radical (unpaired) electrons. The van der Waals surface area contributed by atoms with E-state index in [9.17, 15) is 12.8 Å². The Morgan fingerprint density at radius 2 is 2.14 bits per heavy atom. The number of benzene rings is 1. The number of aliphatic hydroxyl groups excluding tert-OH is 1. The van der Waals surface area contributed by atoms with E-state index in [0.29, 0.717) is 12.0 Å². The first-order valence-corrected chi connectivity index (χ1v) is 8.15. The fourth-order valence-corrected chi connectivity index (χ4v) is 4.06. The van der Waals surface area contributed by atoms with Gasteiger partial charge in [0.15, 0.2) is 0 Å². The lowest BCUT2D eigenvalue weighted by Crippen LogP contribution is -2.61. The molecule has 0 amide bonds. The molecule has 5 nitrogen and oxygen atoms in total. The van der Waals surface area contributed by atoms with Gasteiger partial charge in [0.1, 0.15) is 10.7 Å². The molecular weight excluding hydrogens is 297 g/mol. The van der Waals surface area contributed by atoms with Crippen LogP contribution in [0.5, 0.6) is 0 Å². The van der Waals surface area contributed by atoms with Gasteiger partial charge in [-0.25, -0.2) is 17.5 Å². The van der Waals surface area contributed by atoms with Gasteiger partial charge in [-0.2, -0.15) is 0 Å². The average Bonchev–Trinajstić information content (AvgIpc) is 2.42. The van der Waals surface area contributed by atoms with Gasteiger partial charge in [0.25, 0.3) is 0 Å². The zero-order chi connectivity index (χ0) is 15.8. The first kappa shape index (κ1) is 16.4. The number of aliphatic hydroxyl groups is 1. The zero-order valence-electron chi connectivity index (χ0n) is 12.3. The van der Waals surface area contributed by atoms with Crippen molar-refractivity contribution < 1.29 is 22.7 Å². The molecule has 0 heterocycles. The van der Waals surface area contributed by atoms with Gasteiger partial charge in [-0.05, 0) is 24.1 Å². The summed E-state index contributed by atoms with van der Waals surface area (Å²) in [6.45, 7) is 3.47. The molecule has 0 saturated heterocycles. The van der Waals surface area contributed by atoms with Crippen LogP contribution in [0.1, 0.15) is 25.8 Å². The third-order valence-electron chi connectivity index (χ3n) is 4.23. The molecule has 0 aromatic heterocycles. The number of sulfonamides is 1. The molecule has 1 fully saturated rings. The zero-order valence-corrected chi connectivity index (χ0v) is 13.1. The monoisotopic (exact) mass is 317 g/mol. The van der Waals surface area contributed by atoms with E-state index < -0.39 is 20.7 Å². The van der Waals surface area contributed by atoms with Crippen molar-refractivity contribution in [3.8, 4) is 0 Å². The number of nitrogens with one attached hydrogen (secondary N) is 1. The highest BCUT2D eigenvalue weighted by molar-refractivity contribution is 7.89. The van der Waals surface area contributed by atoms with Gasteiger partial charge < -0.3 is 9.84 Å². The second kappa shape index (κ2) is 5.64. The highest BCUT2D eigenvalue weighted by atomic mass is 32.2. The number of hydrogen-bond donors (Lipinski definition) is 2. The fourth-order valence-electron chi connectivity index (χ4n) is 2.60. The topological polar surface area (TPSA) is 75.6 Å². The molecule has 2 N–H and O–H groups in total. The van der Waals surface area contributed by atoms with E-state index in [-0.39, 0.29) is 24.2 Å². The van der Waals surface area contributed by atoms with Crippen LogP contribution in [0.3, 0.4) is 0 Å². The van der Waals surface area contributed by atoms with Crippen LogP contribution in [-0.2, 0) is 21.4 Å². The summed E-state index contributed by atoms with van der Waals surface area (Å²) in [6, 6.07) is 3.28. The van der Waals surface area contributed by atoms with Crippen LogP contribution in [0.15, 0.2) is 23.1 Å². The molecule has 1 saturated carbocycles. The van der Waals surface area contributed by atoms with Crippen molar-refractivity contribution in [3.05, 3.63) is 29.6 Å². The number of methoxy groups -OCH3 is 1. The van der Waals surface area contributed by atoms with Crippen LogP contribution in [0.4, 0.5) is 4.39 Å². The molecule has 2 rings (SSSR count). The van der Waals surface area contributed by atoms with E-state index in [1.807, 2.05) is 13.8 Å². The second-order valence-electron chi connectivity index (χ2n) is 5.88. The van der Waals surface area contributed by atoms with Gasteiger partial charge >= 0.3 is 0 Å². The van der Waals surface area contributed by atoms with Crippen LogP contribution in [0.2, 0.25) is 0 Å². The van der Waals surface area contributed by atoms with E-state index in [4.69, 9.17) is 9.84 Å². The molecule has 118 valence electrons. The molecular formula is C14H20FNO4S. The maximum atomic E-state index is 13.9. The highest BCUT2D eigenvalue weighted by Gasteiger charge is 2.50. The van der Waals surface area contributed by atoms with Crippen LogP contribution in [-0.4, -0.2) is 32.8 Å². The van der Waals surface area contributed by atoms with Gasteiger partial charge in [-0.15, -0.1) is 0 Å². The predicted molar refractivity (Wildman–Crippen MR) is 75.6 cm³/mol. The summed E-state index contributed by atoms with van der Waals surface area (Å²) in [7, 11) is -2.35. The molecule has 1 aromatic rings. The largest absolute Gasteiger partial charge is 0.392 e. The molecule has 2 atom stereocenters. The molecule has 1 aliphatic carbocycles. The van der Waals surface area contributed by atoms with E-state index >= 15 is 0 Å². The Morgan fingerprint density at radius 3 is 2.62 bits per heavy atom. The van der Waals surface area contributed by atoms with Crippen LogP contribution in [0.25, 0.3) is 0 Å². The van der Waals surface area contributed by atoms with Crippen molar-refractivity contribution in [2.45, 2.75) is 43.9 Å². The van der Waals surface area contributed by atoms with E-state index in [0.717, 1.165) is 6.07 Å². The normalized spacial score (nSPS) is 24.6. The first-order chi connectivity index (χ1) is 9.72. The van der Waals surface area contributed by atoms with E-state index in [1.165, 1.54) is 12.1 Å². The minimum atomic E-state index is -3.94. The molecule has 1 aliphatic rings. The average molecular weight is 317 g/mol. The summed E-state index contributed by atoms with van der Waals surface area (Å²) >= 11 is 0. The maximum Gasteiger partial charge on any atom is 0.243 e. The van der Waals surface area contributed by atoms with Crippen molar-refractivity contribution in [2.24, 2.45) is 5.41 Å². The Kier molecular flexibility index (Phi) is 4.39. The Hall–Kier alpha value is -1.02. The van der Waals surface area contributed by atoms with Crippen LogP contribution in [0, 0.1) is 11.2 Å². The Morgan fingerprint density at radius 1 is 1.48 bits per heavy atom. The smallest absolute Gasteiger partial charge is 0.243 e. The van der Waals surface area contributed by atoms with Crippen LogP contribution < -0.4 is 4.72 Å². The molecule has 0 aliphatic heterocycles. The van der Waals surface area contributed by atoms with Crippen molar-refractivity contribution in [3.63, 3.8) is 0 Å². The van der Waals surface area contributed by atoms with Gasteiger partial charge in [0.2, 0.25) is 10.0 Å². The lowest BCUT2D eigenvalue weighted by atomic mass is 9.65. The Bertz CT molecular complexity index is 630.